The minimum absolute atomic E-state index is 0.108. The predicted molar refractivity (Wildman–Crippen MR) is 72.8 cm³/mol. The van der Waals surface area contributed by atoms with E-state index in [1.54, 1.807) is 0 Å². The number of rotatable bonds is 5. The molecule has 2 N–H and O–H groups in total. The molecule has 0 aromatic heterocycles. The van der Waals surface area contributed by atoms with Gasteiger partial charge < -0.3 is 19.9 Å². The predicted octanol–water partition coefficient (Wildman–Crippen LogP) is 2.29. The molecule has 18 heavy (non-hydrogen) atoms. The van der Waals surface area contributed by atoms with Crippen molar-refractivity contribution in [3.63, 3.8) is 0 Å². The zero-order chi connectivity index (χ0) is 13.2. The zero-order valence-electron chi connectivity index (χ0n) is 10.6. The summed E-state index contributed by atoms with van der Waals surface area (Å²) in [6.07, 6.45) is 0. The van der Waals surface area contributed by atoms with Gasteiger partial charge in [-0.3, -0.25) is 0 Å². The van der Waals surface area contributed by atoms with Gasteiger partial charge in [0.25, 0.3) is 0 Å². The number of ether oxygens (including phenoxy) is 2. The first kappa shape index (κ1) is 13.6. The van der Waals surface area contributed by atoms with Crippen molar-refractivity contribution in [2.75, 3.05) is 19.9 Å². The van der Waals surface area contributed by atoms with Crippen LogP contribution in [-0.2, 0) is 6.54 Å². The van der Waals surface area contributed by atoms with Crippen LogP contribution in [0.4, 0.5) is 0 Å². The standard InChI is InChI=1S/C13H18BrNO3/c1-13(2,7-16)6-15-5-9-3-11-12(4-10(9)14)18-8-17-11/h3-4,15-16H,5-8H2,1-2H3. The van der Waals surface area contributed by atoms with E-state index in [9.17, 15) is 5.11 Å². The van der Waals surface area contributed by atoms with Gasteiger partial charge in [-0.1, -0.05) is 29.8 Å². The van der Waals surface area contributed by atoms with E-state index in [0.717, 1.165) is 34.6 Å². The average Bonchev–Trinajstić information content (AvgIpc) is 2.76. The van der Waals surface area contributed by atoms with Crippen LogP contribution in [0.2, 0.25) is 0 Å². The van der Waals surface area contributed by atoms with Crippen molar-refractivity contribution in [2.24, 2.45) is 5.41 Å². The number of fused-ring (bicyclic) bond motifs is 1. The van der Waals surface area contributed by atoms with E-state index in [0.29, 0.717) is 0 Å². The Morgan fingerprint density at radius 1 is 1.33 bits per heavy atom. The number of aliphatic hydroxyl groups excluding tert-OH is 1. The molecule has 0 unspecified atom stereocenters. The molecular formula is C13H18BrNO3. The van der Waals surface area contributed by atoms with E-state index < -0.39 is 0 Å². The number of hydrogen-bond donors (Lipinski definition) is 2. The van der Waals surface area contributed by atoms with E-state index in [1.807, 2.05) is 26.0 Å². The molecule has 0 radical (unpaired) electrons. The van der Waals surface area contributed by atoms with Gasteiger partial charge in [-0.05, 0) is 17.7 Å². The van der Waals surface area contributed by atoms with Crippen LogP contribution < -0.4 is 14.8 Å². The minimum Gasteiger partial charge on any atom is -0.454 e. The maximum atomic E-state index is 9.19. The molecule has 0 spiro atoms. The lowest BCUT2D eigenvalue weighted by atomic mass is 9.95. The molecule has 0 amide bonds. The number of benzene rings is 1. The Bertz CT molecular complexity index is 434. The van der Waals surface area contributed by atoms with Gasteiger partial charge >= 0.3 is 0 Å². The SMILES string of the molecule is CC(C)(CO)CNCc1cc2c(cc1Br)OCO2. The third kappa shape index (κ3) is 3.16. The number of hydrogen-bond acceptors (Lipinski definition) is 4. The number of aliphatic hydroxyl groups is 1. The molecule has 100 valence electrons. The third-order valence-electron chi connectivity index (χ3n) is 2.89. The van der Waals surface area contributed by atoms with Crippen LogP contribution in [0.5, 0.6) is 11.5 Å². The van der Waals surface area contributed by atoms with Gasteiger partial charge in [0.05, 0.1) is 0 Å². The van der Waals surface area contributed by atoms with Crippen LogP contribution >= 0.6 is 15.9 Å². The highest BCUT2D eigenvalue weighted by molar-refractivity contribution is 9.10. The van der Waals surface area contributed by atoms with Crippen molar-refractivity contribution in [3.8, 4) is 11.5 Å². The van der Waals surface area contributed by atoms with Crippen molar-refractivity contribution < 1.29 is 14.6 Å². The van der Waals surface area contributed by atoms with E-state index in [4.69, 9.17) is 9.47 Å². The van der Waals surface area contributed by atoms with Gasteiger partial charge in [0.1, 0.15) is 0 Å². The average molecular weight is 316 g/mol. The molecular weight excluding hydrogens is 298 g/mol. The number of nitrogens with one attached hydrogen (secondary N) is 1. The summed E-state index contributed by atoms with van der Waals surface area (Å²) in [6, 6.07) is 3.90. The molecule has 1 aliphatic rings. The van der Waals surface area contributed by atoms with E-state index >= 15 is 0 Å². The van der Waals surface area contributed by atoms with E-state index in [2.05, 4.69) is 21.2 Å². The summed E-state index contributed by atoms with van der Waals surface area (Å²) in [6.45, 7) is 5.98. The highest BCUT2D eigenvalue weighted by Gasteiger charge is 2.18. The fourth-order valence-corrected chi connectivity index (χ4v) is 2.15. The Morgan fingerprint density at radius 2 is 2.00 bits per heavy atom. The Balaban J connectivity index is 1.98. The first-order valence-corrected chi connectivity index (χ1v) is 6.71. The normalized spacial score (nSPS) is 14.0. The van der Waals surface area contributed by atoms with Crippen LogP contribution in [0.25, 0.3) is 0 Å². The molecule has 1 aliphatic heterocycles. The Morgan fingerprint density at radius 3 is 2.67 bits per heavy atom. The zero-order valence-corrected chi connectivity index (χ0v) is 12.2. The molecule has 0 bridgehead atoms. The lowest BCUT2D eigenvalue weighted by molar-refractivity contribution is 0.156. The topological polar surface area (TPSA) is 50.7 Å². The molecule has 0 saturated heterocycles. The van der Waals surface area contributed by atoms with Gasteiger partial charge in [0.15, 0.2) is 11.5 Å². The van der Waals surface area contributed by atoms with Gasteiger partial charge in [-0.25, -0.2) is 0 Å². The minimum atomic E-state index is -0.108. The molecule has 2 rings (SSSR count). The summed E-state index contributed by atoms with van der Waals surface area (Å²) in [5, 5.41) is 12.5. The first-order chi connectivity index (χ1) is 8.52. The van der Waals surface area contributed by atoms with E-state index in [-0.39, 0.29) is 18.8 Å². The first-order valence-electron chi connectivity index (χ1n) is 5.91. The third-order valence-corrected chi connectivity index (χ3v) is 3.63. The Labute approximate surface area is 115 Å². The molecule has 0 saturated carbocycles. The molecule has 1 aromatic carbocycles. The van der Waals surface area contributed by atoms with Crippen LogP contribution in [0.15, 0.2) is 16.6 Å². The van der Waals surface area contributed by atoms with Crippen LogP contribution in [0, 0.1) is 5.41 Å². The van der Waals surface area contributed by atoms with Crippen molar-refractivity contribution in [1.29, 1.82) is 0 Å². The molecule has 1 aromatic rings. The molecule has 1 heterocycles. The fraction of sp³-hybridized carbons (Fsp3) is 0.538. The van der Waals surface area contributed by atoms with Crippen LogP contribution in [0.1, 0.15) is 19.4 Å². The second-order valence-electron chi connectivity index (χ2n) is 5.22. The summed E-state index contributed by atoms with van der Waals surface area (Å²) >= 11 is 3.52. The van der Waals surface area contributed by atoms with E-state index in [1.165, 1.54) is 0 Å². The highest BCUT2D eigenvalue weighted by atomic mass is 79.9. The molecule has 0 aliphatic carbocycles. The van der Waals surface area contributed by atoms with Crippen molar-refractivity contribution in [1.82, 2.24) is 5.32 Å². The summed E-state index contributed by atoms with van der Waals surface area (Å²) < 4.78 is 11.7. The second kappa shape index (κ2) is 5.47. The smallest absolute Gasteiger partial charge is 0.231 e. The van der Waals surface area contributed by atoms with Crippen LogP contribution in [0.3, 0.4) is 0 Å². The van der Waals surface area contributed by atoms with Gasteiger partial charge in [0.2, 0.25) is 6.79 Å². The van der Waals surface area contributed by atoms with Gasteiger partial charge in [0, 0.05) is 29.6 Å². The molecule has 0 fully saturated rings. The molecule has 0 atom stereocenters. The van der Waals surface area contributed by atoms with Gasteiger partial charge in [-0.15, -0.1) is 0 Å². The summed E-state index contributed by atoms with van der Waals surface area (Å²) in [7, 11) is 0. The fourth-order valence-electron chi connectivity index (χ4n) is 1.69. The summed E-state index contributed by atoms with van der Waals surface area (Å²) in [5.74, 6) is 1.57. The second-order valence-corrected chi connectivity index (χ2v) is 6.08. The maximum Gasteiger partial charge on any atom is 0.231 e. The van der Waals surface area contributed by atoms with Crippen LogP contribution in [-0.4, -0.2) is 25.1 Å². The van der Waals surface area contributed by atoms with Gasteiger partial charge in [-0.2, -0.15) is 0 Å². The largest absolute Gasteiger partial charge is 0.454 e. The maximum absolute atomic E-state index is 9.19. The quantitative estimate of drug-likeness (QED) is 0.875. The highest BCUT2D eigenvalue weighted by Crippen LogP contribution is 2.36. The van der Waals surface area contributed by atoms with Crippen molar-refractivity contribution >= 4 is 15.9 Å². The van der Waals surface area contributed by atoms with Crippen molar-refractivity contribution in [2.45, 2.75) is 20.4 Å². The number of halogens is 1. The monoisotopic (exact) mass is 315 g/mol. The summed E-state index contributed by atoms with van der Waals surface area (Å²) in [4.78, 5) is 0. The molecule has 5 heteroatoms. The molecule has 4 nitrogen and oxygen atoms in total. The lowest BCUT2D eigenvalue weighted by Gasteiger charge is -2.22. The Kier molecular flexibility index (Phi) is 4.14. The van der Waals surface area contributed by atoms with Crippen molar-refractivity contribution in [3.05, 3.63) is 22.2 Å². The Hall–Kier alpha value is -0.780. The summed E-state index contributed by atoms with van der Waals surface area (Å²) in [5.41, 5.74) is 1.01. The lowest BCUT2D eigenvalue weighted by Crippen LogP contribution is -2.31.